The van der Waals surface area contributed by atoms with E-state index in [1.165, 1.54) is 0 Å². The first-order valence-electron chi connectivity index (χ1n) is 7.51. The van der Waals surface area contributed by atoms with Crippen LogP contribution in [0.4, 0.5) is 11.4 Å². The predicted octanol–water partition coefficient (Wildman–Crippen LogP) is 3.53. The van der Waals surface area contributed by atoms with Gasteiger partial charge in [0.15, 0.2) is 0 Å². The SMILES string of the molecule is COc1cccc(NC(=O)CNc2ccc(OC(C)C)cc2)c1. The summed E-state index contributed by atoms with van der Waals surface area (Å²) in [6.07, 6.45) is 0.141. The van der Waals surface area contributed by atoms with Crippen LogP contribution in [-0.4, -0.2) is 25.7 Å². The van der Waals surface area contributed by atoms with Crippen LogP contribution in [0.2, 0.25) is 0 Å². The number of benzene rings is 2. The third kappa shape index (κ3) is 5.54. The van der Waals surface area contributed by atoms with E-state index in [-0.39, 0.29) is 18.6 Å². The Morgan fingerprint density at radius 3 is 2.43 bits per heavy atom. The van der Waals surface area contributed by atoms with Gasteiger partial charge in [0.1, 0.15) is 11.5 Å². The van der Waals surface area contributed by atoms with Crippen molar-refractivity contribution in [3.63, 3.8) is 0 Å². The monoisotopic (exact) mass is 314 g/mol. The maximum atomic E-state index is 12.0. The lowest BCUT2D eigenvalue weighted by molar-refractivity contribution is -0.114. The van der Waals surface area contributed by atoms with Crippen LogP contribution in [0.1, 0.15) is 13.8 Å². The molecule has 0 saturated carbocycles. The minimum atomic E-state index is -0.124. The number of carbonyl (C=O) groups excluding carboxylic acids is 1. The van der Waals surface area contributed by atoms with Gasteiger partial charge in [-0.25, -0.2) is 0 Å². The molecular formula is C18H22N2O3. The third-order valence-corrected chi connectivity index (χ3v) is 3.03. The minimum Gasteiger partial charge on any atom is -0.497 e. The van der Waals surface area contributed by atoms with Crippen LogP contribution in [0.15, 0.2) is 48.5 Å². The van der Waals surface area contributed by atoms with Gasteiger partial charge < -0.3 is 20.1 Å². The van der Waals surface area contributed by atoms with Gasteiger partial charge in [0.25, 0.3) is 0 Å². The number of anilines is 2. The molecule has 0 unspecified atom stereocenters. The number of rotatable bonds is 7. The molecule has 2 aromatic rings. The zero-order chi connectivity index (χ0) is 16.7. The molecule has 2 rings (SSSR count). The lowest BCUT2D eigenvalue weighted by atomic mass is 10.3. The van der Waals surface area contributed by atoms with Crippen molar-refractivity contribution in [1.82, 2.24) is 0 Å². The molecule has 0 saturated heterocycles. The third-order valence-electron chi connectivity index (χ3n) is 3.03. The summed E-state index contributed by atoms with van der Waals surface area (Å²) in [4.78, 5) is 12.0. The van der Waals surface area contributed by atoms with Gasteiger partial charge in [-0.2, -0.15) is 0 Å². The predicted molar refractivity (Wildman–Crippen MR) is 92.3 cm³/mol. The van der Waals surface area contributed by atoms with E-state index in [1.807, 2.05) is 56.3 Å². The fourth-order valence-electron chi connectivity index (χ4n) is 2.01. The van der Waals surface area contributed by atoms with E-state index in [0.29, 0.717) is 11.4 Å². The van der Waals surface area contributed by atoms with E-state index in [1.54, 1.807) is 13.2 Å². The first-order chi connectivity index (χ1) is 11.1. The molecule has 0 aromatic heterocycles. The summed E-state index contributed by atoms with van der Waals surface area (Å²) in [7, 11) is 1.59. The van der Waals surface area contributed by atoms with Crippen molar-refractivity contribution in [3.05, 3.63) is 48.5 Å². The van der Waals surface area contributed by atoms with Crippen molar-refractivity contribution in [1.29, 1.82) is 0 Å². The highest BCUT2D eigenvalue weighted by molar-refractivity contribution is 5.93. The number of hydrogen-bond acceptors (Lipinski definition) is 4. The average Bonchev–Trinajstić information content (AvgIpc) is 2.54. The Hall–Kier alpha value is -2.69. The van der Waals surface area contributed by atoms with Gasteiger partial charge >= 0.3 is 0 Å². The second kappa shape index (κ2) is 8.08. The van der Waals surface area contributed by atoms with E-state index in [9.17, 15) is 4.79 Å². The Bertz CT molecular complexity index is 639. The number of methoxy groups -OCH3 is 1. The van der Waals surface area contributed by atoms with E-state index in [2.05, 4.69) is 10.6 Å². The molecule has 0 aliphatic rings. The van der Waals surface area contributed by atoms with Crippen LogP contribution in [-0.2, 0) is 4.79 Å². The van der Waals surface area contributed by atoms with E-state index < -0.39 is 0 Å². The quantitative estimate of drug-likeness (QED) is 0.821. The van der Waals surface area contributed by atoms with Crippen LogP contribution >= 0.6 is 0 Å². The Labute approximate surface area is 136 Å². The van der Waals surface area contributed by atoms with Gasteiger partial charge in [-0.15, -0.1) is 0 Å². The number of ether oxygens (including phenoxy) is 2. The Morgan fingerprint density at radius 1 is 1.04 bits per heavy atom. The molecule has 0 radical (unpaired) electrons. The molecular weight excluding hydrogens is 292 g/mol. The second-order valence-electron chi connectivity index (χ2n) is 5.32. The Kier molecular flexibility index (Phi) is 5.86. The molecule has 0 aliphatic carbocycles. The van der Waals surface area contributed by atoms with Gasteiger partial charge in [-0.1, -0.05) is 6.07 Å². The molecule has 0 atom stereocenters. The van der Waals surface area contributed by atoms with Crippen LogP contribution in [0.3, 0.4) is 0 Å². The lowest BCUT2D eigenvalue weighted by Crippen LogP contribution is -2.21. The summed E-state index contributed by atoms with van der Waals surface area (Å²) >= 11 is 0. The van der Waals surface area contributed by atoms with Crippen molar-refractivity contribution in [3.8, 4) is 11.5 Å². The summed E-state index contributed by atoms with van der Waals surface area (Å²) in [5.74, 6) is 1.39. The fourth-order valence-corrected chi connectivity index (χ4v) is 2.01. The highest BCUT2D eigenvalue weighted by Crippen LogP contribution is 2.18. The number of nitrogens with one attached hydrogen (secondary N) is 2. The molecule has 2 aromatic carbocycles. The Balaban J connectivity index is 1.84. The molecule has 23 heavy (non-hydrogen) atoms. The summed E-state index contributed by atoms with van der Waals surface area (Å²) in [6.45, 7) is 4.14. The average molecular weight is 314 g/mol. The molecule has 2 N–H and O–H groups in total. The summed E-state index contributed by atoms with van der Waals surface area (Å²) in [5.41, 5.74) is 1.57. The van der Waals surface area contributed by atoms with Crippen LogP contribution in [0.5, 0.6) is 11.5 Å². The molecule has 0 spiro atoms. The first kappa shape index (κ1) is 16.7. The van der Waals surface area contributed by atoms with Gasteiger partial charge in [-0.3, -0.25) is 4.79 Å². The number of carbonyl (C=O) groups is 1. The molecule has 0 aliphatic heterocycles. The topological polar surface area (TPSA) is 59.6 Å². The fraction of sp³-hybridized carbons (Fsp3) is 0.278. The van der Waals surface area contributed by atoms with Crippen LogP contribution in [0, 0.1) is 0 Å². The van der Waals surface area contributed by atoms with E-state index in [4.69, 9.17) is 9.47 Å². The van der Waals surface area contributed by atoms with Crippen LogP contribution < -0.4 is 20.1 Å². The minimum absolute atomic E-state index is 0.124. The van der Waals surface area contributed by atoms with Gasteiger partial charge in [0, 0.05) is 17.4 Å². The highest BCUT2D eigenvalue weighted by Gasteiger charge is 2.04. The zero-order valence-corrected chi connectivity index (χ0v) is 13.6. The number of amides is 1. The van der Waals surface area contributed by atoms with Crippen molar-refractivity contribution in [2.45, 2.75) is 20.0 Å². The smallest absolute Gasteiger partial charge is 0.243 e. The van der Waals surface area contributed by atoms with Gasteiger partial charge in [-0.05, 0) is 50.2 Å². The van der Waals surface area contributed by atoms with Crippen LogP contribution in [0.25, 0.3) is 0 Å². The van der Waals surface area contributed by atoms with Crippen molar-refractivity contribution in [2.75, 3.05) is 24.3 Å². The van der Waals surface area contributed by atoms with Crippen molar-refractivity contribution in [2.24, 2.45) is 0 Å². The highest BCUT2D eigenvalue weighted by atomic mass is 16.5. The summed E-state index contributed by atoms with van der Waals surface area (Å²) < 4.78 is 10.7. The van der Waals surface area contributed by atoms with Gasteiger partial charge in [0.05, 0.1) is 19.8 Å². The van der Waals surface area contributed by atoms with Crippen molar-refractivity contribution >= 4 is 17.3 Å². The number of hydrogen-bond donors (Lipinski definition) is 2. The second-order valence-corrected chi connectivity index (χ2v) is 5.32. The van der Waals surface area contributed by atoms with Gasteiger partial charge in [0.2, 0.25) is 5.91 Å². The Morgan fingerprint density at radius 2 is 1.78 bits per heavy atom. The lowest BCUT2D eigenvalue weighted by Gasteiger charge is -2.11. The first-order valence-corrected chi connectivity index (χ1v) is 7.51. The normalized spacial score (nSPS) is 10.3. The molecule has 0 heterocycles. The molecule has 1 amide bonds. The molecule has 0 bridgehead atoms. The zero-order valence-electron chi connectivity index (χ0n) is 13.6. The maximum Gasteiger partial charge on any atom is 0.243 e. The maximum absolute atomic E-state index is 12.0. The largest absolute Gasteiger partial charge is 0.497 e. The van der Waals surface area contributed by atoms with Crippen molar-refractivity contribution < 1.29 is 14.3 Å². The molecule has 122 valence electrons. The summed E-state index contributed by atoms with van der Waals surface area (Å²) in [6, 6.07) is 14.8. The molecule has 0 fully saturated rings. The summed E-state index contributed by atoms with van der Waals surface area (Å²) in [5, 5.41) is 5.89. The van der Waals surface area contributed by atoms with E-state index in [0.717, 1.165) is 11.4 Å². The molecule has 5 heteroatoms. The molecule has 5 nitrogen and oxygen atoms in total. The van der Waals surface area contributed by atoms with E-state index >= 15 is 0 Å². The standard InChI is InChI=1S/C18H22N2O3/c1-13(2)23-16-9-7-14(8-10-16)19-12-18(21)20-15-5-4-6-17(11-15)22-3/h4-11,13,19H,12H2,1-3H3,(H,20,21).